The molecule has 8 nitrogen and oxygen atoms in total. The first-order valence-corrected chi connectivity index (χ1v) is 8.25. The summed E-state index contributed by atoms with van der Waals surface area (Å²) in [6.45, 7) is 2.99. The number of aromatic nitrogens is 5. The summed E-state index contributed by atoms with van der Waals surface area (Å²) in [6, 6.07) is 6.99. The minimum absolute atomic E-state index is 0.00738. The minimum Gasteiger partial charge on any atom is -0.336 e. The van der Waals surface area contributed by atoms with Crippen molar-refractivity contribution >= 4 is 17.5 Å². The maximum Gasteiger partial charge on any atom is 0.280 e. The lowest BCUT2D eigenvalue weighted by molar-refractivity contribution is 0.0787. The molecule has 2 aromatic heterocycles. The van der Waals surface area contributed by atoms with Crippen molar-refractivity contribution in [3.05, 3.63) is 46.9 Å². The van der Waals surface area contributed by atoms with Gasteiger partial charge in [0.1, 0.15) is 0 Å². The molecule has 128 valence electrons. The fourth-order valence-electron chi connectivity index (χ4n) is 2.87. The normalized spacial score (nSPS) is 17.2. The molecule has 3 heterocycles. The van der Waals surface area contributed by atoms with Gasteiger partial charge in [0.15, 0.2) is 11.5 Å². The molecule has 1 amide bonds. The van der Waals surface area contributed by atoms with Crippen LogP contribution in [0.3, 0.4) is 0 Å². The highest BCUT2D eigenvalue weighted by atomic mass is 35.5. The minimum atomic E-state index is -0.00738. The molecule has 4 rings (SSSR count). The van der Waals surface area contributed by atoms with Gasteiger partial charge in [0.25, 0.3) is 11.8 Å². The maximum atomic E-state index is 12.6. The summed E-state index contributed by atoms with van der Waals surface area (Å²) in [5.74, 6) is 0.882. The lowest BCUT2D eigenvalue weighted by Crippen LogP contribution is -2.29. The van der Waals surface area contributed by atoms with E-state index in [1.165, 1.54) is 0 Å². The summed E-state index contributed by atoms with van der Waals surface area (Å²) in [7, 11) is 0. The van der Waals surface area contributed by atoms with Crippen LogP contribution in [0.5, 0.6) is 0 Å². The number of nitrogens with zero attached hydrogens (tertiary/aromatic N) is 6. The van der Waals surface area contributed by atoms with E-state index >= 15 is 0 Å². The standard InChI is InChI=1S/C16H15ClN6O2/c1-10-18-15(25-20-10)14-9-23(21-19-14)13-6-7-22(8-13)16(24)11-2-4-12(17)5-3-11/h2-5,9,13H,6-8H2,1H3. The monoisotopic (exact) mass is 358 g/mol. The van der Waals surface area contributed by atoms with Gasteiger partial charge in [-0.3, -0.25) is 4.79 Å². The van der Waals surface area contributed by atoms with E-state index in [0.29, 0.717) is 41.1 Å². The zero-order valence-electron chi connectivity index (χ0n) is 13.5. The molecule has 1 aliphatic heterocycles. The summed E-state index contributed by atoms with van der Waals surface area (Å²) < 4.78 is 6.85. The van der Waals surface area contributed by atoms with Crippen LogP contribution in [-0.2, 0) is 0 Å². The molecule has 1 aliphatic rings. The molecule has 0 spiro atoms. The lowest BCUT2D eigenvalue weighted by Gasteiger charge is -2.16. The fraction of sp³-hybridized carbons (Fsp3) is 0.312. The molecule has 9 heteroatoms. The first-order valence-electron chi connectivity index (χ1n) is 7.87. The van der Waals surface area contributed by atoms with Crippen molar-refractivity contribution in [2.24, 2.45) is 0 Å². The van der Waals surface area contributed by atoms with E-state index < -0.39 is 0 Å². The van der Waals surface area contributed by atoms with Gasteiger partial charge in [0.2, 0.25) is 0 Å². The Morgan fingerprint density at radius 1 is 1.32 bits per heavy atom. The number of likely N-dealkylation sites (tertiary alicyclic amines) is 1. The van der Waals surface area contributed by atoms with Crippen molar-refractivity contribution in [3.63, 3.8) is 0 Å². The van der Waals surface area contributed by atoms with Gasteiger partial charge < -0.3 is 9.42 Å². The molecule has 1 fully saturated rings. The number of aryl methyl sites for hydroxylation is 1. The van der Waals surface area contributed by atoms with Crippen molar-refractivity contribution in [2.45, 2.75) is 19.4 Å². The predicted molar refractivity (Wildman–Crippen MR) is 89.1 cm³/mol. The second-order valence-corrected chi connectivity index (χ2v) is 6.37. The van der Waals surface area contributed by atoms with E-state index in [4.69, 9.17) is 16.1 Å². The van der Waals surface area contributed by atoms with E-state index in [0.717, 1.165) is 6.42 Å². The molecule has 0 aliphatic carbocycles. The topological polar surface area (TPSA) is 89.9 Å². The number of halogens is 1. The summed E-state index contributed by atoms with van der Waals surface area (Å²) >= 11 is 5.87. The van der Waals surface area contributed by atoms with Gasteiger partial charge in [0.05, 0.1) is 12.2 Å². The van der Waals surface area contributed by atoms with E-state index in [1.54, 1.807) is 42.1 Å². The van der Waals surface area contributed by atoms with E-state index in [-0.39, 0.29) is 11.9 Å². The SMILES string of the molecule is Cc1noc(-c2cn(C3CCN(C(=O)c4ccc(Cl)cc4)C3)nn2)n1. The van der Waals surface area contributed by atoms with E-state index in [1.807, 2.05) is 4.90 Å². The molecular formula is C16H15ClN6O2. The smallest absolute Gasteiger partial charge is 0.280 e. The number of rotatable bonds is 3. The van der Waals surface area contributed by atoms with Gasteiger partial charge in [-0.05, 0) is 37.6 Å². The van der Waals surface area contributed by atoms with Crippen molar-refractivity contribution in [2.75, 3.05) is 13.1 Å². The van der Waals surface area contributed by atoms with Crippen LogP contribution in [0.1, 0.15) is 28.6 Å². The Labute approximate surface area is 148 Å². The molecule has 0 N–H and O–H groups in total. The van der Waals surface area contributed by atoms with Crippen molar-refractivity contribution < 1.29 is 9.32 Å². The molecular weight excluding hydrogens is 344 g/mol. The predicted octanol–water partition coefficient (Wildman–Crippen LogP) is 2.38. The third kappa shape index (κ3) is 3.12. The largest absolute Gasteiger partial charge is 0.336 e. The summed E-state index contributed by atoms with van der Waals surface area (Å²) in [4.78, 5) is 18.5. The molecule has 0 bridgehead atoms. The Balaban J connectivity index is 1.46. The lowest BCUT2D eigenvalue weighted by atomic mass is 10.2. The fourth-order valence-corrected chi connectivity index (χ4v) is 3.00. The van der Waals surface area contributed by atoms with Crippen molar-refractivity contribution in [1.82, 2.24) is 30.0 Å². The highest BCUT2D eigenvalue weighted by Crippen LogP contribution is 2.24. The van der Waals surface area contributed by atoms with Gasteiger partial charge in [-0.1, -0.05) is 22.0 Å². The average Bonchev–Trinajstić information content (AvgIpc) is 3.34. The maximum absolute atomic E-state index is 12.6. The molecule has 0 saturated carbocycles. The summed E-state index contributed by atoms with van der Waals surface area (Å²) in [6.07, 6.45) is 2.58. The molecule has 3 aromatic rings. The van der Waals surface area contributed by atoms with Gasteiger partial charge >= 0.3 is 0 Å². The second kappa shape index (κ2) is 6.29. The number of carbonyl (C=O) groups excluding carboxylic acids is 1. The number of hydrogen-bond acceptors (Lipinski definition) is 6. The molecule has 25 heavy (non-hydrogen) atoms. The van der Waals surface area contributed by atoms with Gasteiger partial charge in [-0.25, -0.2) is 4.68 Å². The molecule has 0 radical (unpaired) electrons. The Morgan fingerprint density at radius 2 is 2.12 bits per heavy atom. The van der Waals surface area contributed by atoms with Gasteiger partial charge in [-0.15, -0.1) is 5.10 Å². The van der Waals surface area contributed by atoms with Gasteiger partial charge in [-0.2, -0.15) is 4.98 Å². The second-order valence-electron chi connectivity index (χ2n) is 5.93. The highest BCUT2D eigenvalue weighted by Gasteiger charge is 2.29. The first kappa shape index (κ1) is 15.8. The van der Waals surface area contributed by atoms with Crippen LogP contribution in [-0.4, -0.2) is 49.0 Å². The molecule has 1 saturated heterocycles. The van der Waals surface area contributed by atoms with Gasteiger partial charge in [0, 0.05) is 23.7 Å². The van der Waals surface area contributed by atoms with Crippen LogP contribution >= 0.6 is 11.6 Å². The zero-order chi connectivity index (χ0) is 17.4. The Kier molecular flexibility index (Phi) is 3.96. The van der Waals surface area contributed by atoms with Crippen LogP contribution in [0.2, 0.25) is 5.02 Å². The third-order valence-corrected chi connectivity index (χ3v) is 4.42. The molecule has 1 unspecified atom stereocenters. The summed E-state index contributed by atoms with van der Waals surface area (Å²) in [5, 5.41) is 12.6. The quantitative estimate of drug-likeness (QED) is 0.714. The van der Waals surface area contributed by atoms with Crippen molar-refractivity contribution in [1.29, 1.82) is 0 Å². The van der Waals surface area contributed by atoms with E-state index in [2.05, 4.69) is 20.5 Å². The Hall–Kier alpha value is -2.74. The first-order chi connectivity index (χ1) is 12.1. The van der Waals surface area contributed by atoms with Crippen LogP contribution in [0.25, 0.3) is 11.6 Å². The van der Waals surface area contributed by atoms with Crippen LogP contribution < -0.4 is 0 Å². The number of amides is 1. The Morgan fingerprint density at radius 3 is 2.84 bits per heavy atom. The van der Waals surface area contributed by atoms with Crippen LogP contribution in [0.4, 0.5) is 0 Å². The zero-order valence-corrected chi connectivity index (χ0v) is 14.2. The molecule has 1 atom stereocenters. The average molecular weight is 359 g/mol. The highest BCUT2D eigenvalue weighted by molar-refractivity contribution is 6.30. The van der Waals surface area contributed by atoms with Crippen molar-refractivity contribution in [3.8, 4) is 11.6 Å². The number of carbonyl (C=O) groups is 1. The third-order valence-electron chi connectivity index (χ3n) is 4.17. The van der Waals surface area contributed by atoms with Crippen LogP contribution in [0, 0.1) is 6.92 Å². The van der Waals surface area contributed by atoms with E-state index in [9.17, 15) is 4.79 Å². The molecule has 1 aromatic carbocycles. The van der Waals surface area contributed by atoms with Crippen LogP contribution in [0.15, 0.2) is 35.0 Å². The summed E-state index contributed by atoms with van der Waals surface area (Å²) in [5.41, 5.74) is 1.16. The Bertz CT molecular complexity index is 904. The number of hydrogen-bond donors (Lipinski definition) is 0. The number of benzene rings is 1.